The predicted molar refractivity (Wildman–Crippen MR) is 115 cm³/mol. The highest BCUT2D eigenvalue weighted by Gasteiger charge is 2.17. The van der Waals surface area contributed by atoms with E-state index in [0.717, 1.165) is 41.2 Å². The van der Waals surface area contributed by atoms with Gasteiger partial charge in [0.25, 0.3) is 0 Å². The van der Waals surface area contributed by atoms with Crippen molar-refractivity contribution in [1.82, 2.24) is 9.55 Å². The number of aromatic nitrogens is 2. The van der Waals surface area contributed by atoms with E-state index in [1.165, 1.54) is 0 Å². The summed E-state index contributed by atoms with van der Waals surface area (Å²) in [5.41, 5.74) is 4.54. The molecule has 1 N–H and O–H groups in total. The zero-order valence-electron chi connectivity index (χ0n) is 16.8. The Morgan fingerprint density at radius 2 is 1.76 bits per heavy atom. The first kappa shape index (κ1) is 24.8. The Bertz CT molecular complexity index is 659. The van der Waals surface area contributed by atoms with Crippen molar-refractivity contribution in [3.63, 3.8) is 0 Å². The summed E-state index contributed by atoms with van der Waals surface area (Å²) in [4.78, 5) is 8.65. The average Bonchev–Trinajstić information content (AvgIpc) is 2.98. The van der Waals surface area contributed by atoms with Gasteiger partial charge >= 0.3 is 0 Å². The molecular weight excluding hydrogens is 310 g/mol. The van der Waals surface area contributed by atoms with Gasteiger partial charge in [-0.3, -0.25) is 9.56 Å². The zero-order valence-corrected chi connectivity index (χ0v) is 16.8. The van der Waals surface area contributed by atoms with E-state index in [2.05, 4.69) is 29.7 Å². The first-order valence-electron chi connectivity index (χ1n) is 8.25. The molecule has 0 saturated carbocycles. The summed E-state index contributed by atoms with van der Waals surface area (Å²) in [6, 6.07) is 0. The second kappa shape index (κ2) is 13.9. The molecule has 1 aromatic heterocycles. The van der Waals surface area contributed by atoms with Crippen LogP contribution in [0.5, 0.6) is 0 Å². The van der Waals surface area contributed by atoms with Gasteiger partial charge in [0.05, 0.1) is 17.1 Å². The van der Waals surface area contributed by atoms with E-state index >= 15 is 0 Å². The predicted octanol–water partition coefficient (Wildman–Crippen LogP) is 5.34. The van der Waals surface area contributed by atoms with Crippen molar-refractivity contribution in [2.24, 2.45) is 4.99 Å². The van der Waals surface area contributed by atoms with Gasteiger partial charge in [-0.1, -0.05) is 39.7 Å². The van der Waals surface area contributed by atoms with Crippen LogP contribution in [-0.2, 0) is 0 Å². The summed E-state index contributed by atoms with van der Waals surface area (Å²) in [5.74, 6) is 0.803. The SMILES string of the molecule is C=Cc1nc(C(=C)C)n(/C(=C/C=NC)C(=C)C)c1/C=C\C.CC.CO. The summed E-state index contributed by atoms with van der Waals surface area (Å²) < 4.78 is 2.04. The Hall–Kier alpha value is -2.46. The molecule has 1 rings (SSSR count). The van der Waals surface area contributed by atoms with Crippen molar-refractivity contribution in [3.05, 3.63) is 54.7 Å². The lowest BCUT2D eigenvalue weighted by molar-refractivity contribution is 0.399. The highest BCUT2D eigenvalue weighted by atomic mass is 16.2. The number of hydrogen-bond acceptors (Lipinski definition) is 3. The monoisotopic (exact) mass is 343 g/mol. The van der Waals surface area contributed by atoms with Crippen molar-refractivity contribution < 1.29 is 5.11 Å². The van der Waals surface area contributed by atoms with Crippen LogP contribution in [0.15, 0.2) is 42.5 Å². The number of aliphatic imine (C=N–C) groups is 1. The van der Waals surface area contributed by atoms with E-state index in [0.29, 0.717) is 0 Å². The number of aliphatic hydroxyl groups excluding tert-OH is 1. The molecule has 0 aromatic carbocycles. The van der Waals surface area contributed by atoms with E-state index in [9.17, 15) is 0 Å². The van der Waals surface area contributed by atoms with Gasteiger partial charge in [0.2, 0.25) is 0 Å². The summed E-state index contributed by atoms with van der Waals surface area (Å²) in [6.45, 7) is 21.8. The second-order valence-electron chi connectivity index (χ2n) is 4.77. The molecule has 25 heavy (non-hydrogen) atoms. The molecular formula is C21H33N3O. The number of nitrogens with zero attached hydrogens (tertiary/aromatic N) is 3. The smallest absolute Gasteiger partial charge is 0.140 e. The topological polar surface area (TPSA) is 50.4 Å². The Balaban J connectivity index is 0. The fourth-order valence-corrected chi connectivity index (χ4v) is 2.00. The summed E-state index contributed by atoms with van der Waals surface area (Å²) in [5, 5.41) is 7.00. The van der Waals surface area contributed by atoms with E-state index < -0.39 is 0 Å². The van der Waals surface area contributed by atoms with E-state index in [-0.39, 0.29) is 0 Å². The van der Waals surface area contributed by atoms with Crippen LogP contribution in [-0.4, -0.2) is 35.0 Å². The Labute approximate surface area is 153 Å². The lowest BCUT2D eigenvalue weighted by atomic mass is 10.2. The molecule has 0 spiro atoms. The molecule has 1 aromatic rings. The minimum absolute atomic E-state index is 0.803. The minimum Gasteiger partial charge on any atom is -0.400 e. The molecule has 0 aliphatic heterocycles. The standard InChI is InChI=1S/C18H23N3.C2H6.CH4O/c1-8-10-17-15(9-2)20-18(14(5)6)21(17)16(13(3)4)11-12-19-7;2*1-2/h8-12H,2-3,5H2,1,4,6-7H3;1-2H3;2H,1H3/b10-8-,16-11+,19-12?;;. The molecule has 0 saturated heterocycles. The Morgan fingerprint density at radius 3 is 2.12 bits per heavy atom. The summed E-state index contributed by atoms with van der Waals surface area (Å²) in [7, 11) is 2.74. The van der Waals surface area contributed by atoms with Crippen molar-refractivity contribution >= 4 is 29.6 Å². The molecule has 4 heteroatoms. The highest BCUT2D eigenvalue weighted by molar-refractivity contribution is 5.86. The van der Waals surface area contributed by atoms with Crippen LogP contribution in [0.25, 0.3) is 23.4 Å². The van der Waals surface area contributed by atoms with Gasteiger partial charge in [0.15, 0.2) is 0 Å². The molecule has 0 fully saturated rings. The van der Waals surface area contributed by atoms with Gasteiger partial charge in [-0.2, -0.15) is 0 Å². The van der Waals surface area contributed by atoms with Crippen LogP contribution >= 0.6 is 0 Å². The van der Waals surface area contributed by atoms with Gasteiger partial charge in [0, 0.05) is 20.4 Å². The Kier molecular flexibility index (Phi) is 13.8. The zero-order chi connectivity index (χ0) is 20.0. The molecule has 0 unspecified atom stereocenters. The van der Waals surface area contributed by atoms with Crippen LogP contribution in [0.3, 0.4) is 0 Å². The van der Waals surface area contributed by atoms with Gasteiger partial charge in [0.1, 0.15) is 5.82 Å². The number of aliphatic hydroxyl groups is 1. The van der Waals surface area contributed by atoms with E-state index in [1.807, 2.05) is 57.4 Å². The van der Waals surface area contributed by atoms with E-state index in [4.69, 9.17) is 5.11 Å². The maximum absolute atomic E-state index is 7.00. The van der Waals surface area contributed by atoms with Crippen LogP contribution in [0.4, 0.5) is 0 Å². The van der Waals surface area contributed by atoms with E-state index in [1.54, 1.807) is 19.3 Å². The summed E-state index contributed by atoms with van der Waals surface area (Å²) >= 11 is 0. The second-order valence-corrected chi connectivity index (χ2v) is 4.77. The number of allylic oxidation sites excluding steroid dienone is 5. The van der Waals surface area contributed by atoms with Gasteiger partial charge in [-0.15, -0.1) is 0 Å². The molecule has 4 nitrogen and oxygen atoms in total. The third kappa shape index (κ3) is 6.89. The van der Waals surface area contributed by atoms with Gasteiger partial charge in [-0.25, -0.2) is 4.98 Å². The first-order chi connectivity index (χ1) is 12.0. The lowest BCUT2D eigenvalue weighted by Gasteiger charge is -2.14. The van der Waals surface area contributed by atoms with Crippen LogP contribution in [0, 0.1) is 0 Å². The van der Waals surface area contributed by atoms with Gasteiger partial charge < -0.3 is 5.11 Å². The largest absolute Gasteiger partial charge is 0.400 e. The molecule has 138 valence electrons. The third-order valence-corrected chi connectivity index (χ3v) is 2.90. The maximum atomic E-state index is 7.00. The number of hydrogen-bond donors (Lipinski definition) is 1. The molecule has 0 bridgehead atoms. The Morgan fingerprint density at radius 1 is 1.20 bits per heavy atom. The number of rotatable bonds is 6. The third-order valence-electron chi connectivity index (χ3n) is 2.90. The molecule has 0 aliphatic carbocycles. The first-order valence-corrected chi connectivity index (χ1v) is 8.25. The van der Waals surface area contributed by atoms with Crippen molar-refractivity contribution in [3.8, 4) is 0 Å². The van der Waals surface area contributed by atoms with Crippen LogP contribution in [0.2, 0.25) is 0 Å². The van der Waals surface area contributed by atoms with Gasteiger partial charge in [-0.05, 0) is 50.1 Å². The molecule has 0 amide bonds. The normalized spacial score (nSPS) is 10.8. The average molecular weight is 344 g/mol. The lowest BCUT2D eigenvalue weighted by Crippen LogP contribution is -2.05. The highest BCUT2D eigenvalue weighted by Crippen LogP contribution is 2.27. The molecule has 0 radical (unpaired) electrons. The fraction of sp³-hybridized carbons (Fsp3) is 0.333. The van der Waals surface area contributed by atoms with Crippen LogP contribution in [0.1, 0.15) is 51.8 Å². The van der Waals surface area contributed by atoms with Crippen molar-refractivity contribution in [2.45, 2.75) is 34.6 Å². The molecule has 0 aliphatic rings. The summed E-state index contributed by atoms with van der Waals surface area (Å²) in [6.07, 6.45) is 9.42. The maximum Gasteiger partial charge on any atom is 0.140 e. The fourth-order valence-electron chi connectivity index (χ4n) is 2.00. The van der Waals surface area contributed by atoms with Crippen molar-refractivity contribution in [2.75, 3.05) is 14.2 Å². The molecule has 0 atom stereocenters. The van der Waals surface area contributed by atoms with Crippen LogP contribution < -0.4 is 0 Å². The molecule has 1 heterocycles. The van der Waals surface area contributed by atoms with Crippen molar-refractivity contribution in [1.29, 1.82) is 0 Å². The minimum atomic E-state index is 0.803. The number of imidazole rings is 1. The quantitative estimate of drug-likeness (QED) is 0.559.